The fourth-order valence-electron chi connectivity index (χ4n) is 2.79. The van der Waals surface area contributed by atoms with Crippen molar-refractivity contribution in [3.63, 3.8) is 0 Å². The van der Waals surface area contributed by atoms with Gasteiger partial charge < -0.3 is 24.4 Å². The molecule has 6 nitrogen and oxygen atoms in total. The van der Waals surface area contributed by atoms with Gasteiger partial charge in [0.05, 0.1) is 39.6 Å². The van der Waals surface area contributed by atoms with E-state index in [0.29, 0.717) is 34.5 Å². The second kappa shape index (κ2) is 9.48. The summed E-state index contributed by atoms with van der Waals surface area (Å²) in [6.45, 7) is 2.47. The van der Waals surface area contributed by atoms with Crippen molar-refractivity contribution in [2.75, 3.05) is 33.7 Å². The van der Waals surface area contributed by atoms with Gasteiger partial charge in [0.1, 0.15) is 12.3 Å². The highest BCUT2D eigenvalue weighted by Crippen LogP contribution is 2.30. The van der Waals surface area contributed by atoms with E-state index < -0.39 is 0 Å². The number of halogens is 1. The van der Waals surface area contributed by atoms with Gasteiger partial charge >= 0.3 is 0 Å². The Kier molecular flexibility index (Phi) is 7.33. The van der Waals surface area contributed by atoms with Crippen LogP contribution in [0.3, 0.4) is 0 Å². The third-order valence-corrected chi connectivity index (χ3v) is 4.74. The Hall–Kier alpha value is -2.44. The number of methoxy groups -OCH3 is 3. The third kappa shape index (κ3) is 5.05. The van der Waals surface area contributed by atoms with E-state index in [4.69, 9.17) is 25.8 Å². The standard InChI is InChI=1S/C20H25ClN2O4/c1-13(20(24)22-16-11-15(21)9-10-17(16)25-3)23(2)12-14-7-6-8-18(26-4)19(14)27-5/h6-11,13H,12H2,1-5H3,(H,22,24)/p+1/t13-/m0/s1. The molecule has 2 aromatic carbocycles. The Morgan fingerprint density at radius 2 is 1.81 bits per heavy atom. The van der Waals surface area contributed by atoms with Crippen LogP contribution in [-0.4, -0.2) is 40.3 Å². The number of likely N-dealkylation sites (N-methyl/N-ethyl adjacent to an activating group) is 1. The Bertz CT molecular complexity index is 798. The number of carbonyl (C=O) groups excluding carboxylic acids is 1. The van der Waals surface area contributed by atoms with Crippen LogP contribution in [-0.2, 0) is 11.3 Å². The number of nitrogens with one attached hydrogen (secondary N) is 2. The lowest BCUT2D eigenvalue weighted by atomic mass is 10.1. The maximum atomic E-state index is 12.7. The van der Waals surface area contributed by atoms with Crippen LogP contribution in [0.1, 0.15) is 12.5 Å². The van der Waals surface area contributed by atoms with Crippen LogP contribution in [0.4, 0.5) is 5.69 Å². The first-order chi connectivity index (χ1) is 12.9. The van der Waals surface area contributed by atoms with Gasteiger partial charge in [-0.15, -0.1) is 0 Å². The van der Waals surface area contributed by atoms with Gasteiger partial charge in [-0.1, -0.05) is 17.7 Å². The number of benzene rings is 2. The number of hydrogen-bond donors (Lipinski definition) is 2. The molecule has 0 aliphatic carbocycles. The lowest BCUT2D eigenvalue weighted by Gasteiger charge is -2.23. The molecule has 0 fully saturated rings. The first-order valence-electron chi connectivity index (χ1n) is 8.57. The molecule has 0 heterocycles. The van der Waals surface area contributed by atoms with Gasteiger partial charge in [-0.3, -0.25) is 4.79 Å². The SMILES string of the molecule is COc1ccc(Cl)cc1NC(=O)[C@H](C)[NH+](C)Cc1cccc(OC)c1OC. The highest BCUT2D eigenvalue weighted by atomic mass is 35.5. The van der Waals surface area contributed by atoms with E-state index in [1.165, 1.54) is 0 Å². The first-order valence-corrected chi connectivity index (χ1v) is 8.95. The molecule has 7 heteroatoms. The van der Waals surface area contributed by atoms with Crippen LogP contribution in [0, 0.1) is 0 Å². The fraction of sp³-hybridized carbons (Fsp3) is 0.350. The van der Waals surface area contributed by atoms with E-state index in [-0.39, 0.29) is 11.9 Å². The smallest absolute Gasteiger partial charge is 0.282 e. The number of anilines is 1. The van der Waals surface area contributed by atoms with E-state index in [9.17, 15) is 4.79 Å². The van der Waals surface area contributed by atoms with Crippen molar-refractivity contribution < 1.29 is 23.9 Å². The second-order valence-corrected chi connectivity index (χ2v) is 6.67. The fourth-order valence-corrected chi connectivity index (χ4v) is 2.96. The summed E-state index contributed by atoms with van der Waals surface area (Å²) in [5.41, 5.74) is 1.52. The minimum absolute atomic E-state index is 0.130. The molecule has 146 valence electrons. The van der Waals surface area contributed by atoms with Gasteiger partial charge in [-0.05, 0) is 37.3 Å². The summed E-state index contributed by atoms with van der Waals surface area (Å²) in [4.78, 5) is 13.7. The second-order valence-electron chi connectivity index (χ2n) is 6.23. The quantitative estimate of drug-likeness (QED) is 0.723. The number of carbonyl (C=O) groups is 1. The van der Waals surface area contributed by atoms with Gasteiger partial charge in [-0.2, -0.15) is 0 Å². The van der Waals surface area contributed by atoms with Crippen LogP contribution in [0.25, 0.3) is 0 Å². The molecule has 0 aliphatic heterocycles. The average Bonchev–Trinajstić information content (AvgIpc) is 2.67. The molecule has 2 rings (SSSR count). The molecule has 1 unspecified atom stereocenters. The summed E-state index contributed by atoms with van der Waals surface area (Å²) >= 11 is 6.03. The predicted molar refractivity (Wildman–Crippen MR) is 106 cm³/mol. The third-order valence-electron chi connectivity index (χ3n) is 4.51. The zero-order valence-electron chi connectivity index (χ0n) is 16.3. The zero-order valence-corrected chi connectivity index (χ0v) is 17.0. The molecule has 2 aromatic rings. The molecular weight excluding hydrogens is 368 g/mol. The molecule has 0 saturated carbocycles. The van der Waals surface area contributed by atoms with Crippen molar-refractivity contribution in [3.8, 4) is 17.2 Å². The Morgan fingerprint density at radius 3 is 2.44 bits per heavy atom. The van der Waals surface area contributed by atoms with Crippen LogP contribution in [0.5, 0.6) is 17.2 Å². The normalized spacial score (nSPS) is 12.8. The van der Waals surface area contributed by atoms with Crippen LogP contribution in [0.15, 0.2) is 36.4 Å². The minimum atomic E-state index is -0.315. The number of amides is 1. The molecule has 27 heavy (non-hydrogen) atoms. The largest absolute Gasteiger partial charge is 0.495 e. The molecular formula is C20H26ClN2O4+. The minimum Gasteiger partial charge on any atom is -0.495 e. The summed E-state index contributed by atoms with van der Waals surface area (Å²) in [5, 5.41) is 3.42. The van der Waals surface area contributed by atoms with Crippen LogP contribution in [0.2, 0.25) is 5.02 Å². The van der Waals surface area contributed by atoms with Gasteiger partial charge in [0.2, 0.25) is 0 Å². The highest BCUT2D eigenvalue weighted by molar-refractivity contribution is 6.31. The van der Waals surface area contributed by atoms with E-state index in [2.05, 4.69) is 5.32 Å². The summed E-state index contributed by atoms with van der Waals surface area (Å²) in [5.74, 6) is 1.79. The Morgan fingerprint density at radius 1 is 1.11 bits per heavy atom. The topological polar surface area (TPSA) is 61.2 Å². The van der Waals surface area contributed by atoms with E-state index in [1.807, 2.05) is 32.2 Å². The summed E-state index contributed by atoms with van der Waals surface area (Å²) in [6, 6.07) is 10.5. The molecule has 0 aliphatic rings. The maximum absolute atomic E-state index is 12.7. The van der Waals surface area contributed by atoms with E-state index in [0.717, 1.165) is 10.5 Å². The van der Waals surface area contributed by atoms with Crippen molar-refractivity contribution in [1.29, 1.82) is 0 Å². The molecule has 0 saturated heterocycles. The number of quaternary nitrogens is 1. The van der Waals surface area contributed by atoms with Gasteiger partial charge in [-0.25, -0.2) is 0 Å². The van der Waals surface area contributed by atoms with E-state index >= 15 is 0 Å². The zero-order chi connectivity index (χ0) is 20.0. The monoisotopic (exact) mass is 393 g/mol. The van der Waals surface area contributed by atoms with E-state index in [1.54, 1.807) is 39.5 Å². The lowest BCUT2D eigenvalue weighted by molar-refractivity contribution is -0.907. The van der Waals surface area contributed by atoms with Gasteiger partial charge in [0.15, 0.2) is 17.5 Å². The van der Waals surface area contributed by atoms with Crippen molar-refractivity contribution >= 4 is 23.2 Å². The number of para-hydroxylation sites is 1. The summed E-state index contributed by atoms with van der Waals surface area (Å²) < 4.78 is 16.1. The maximum Gasteiger partial charge on any atom is 0.282 e. The lowest BCUT2D eigenvalue weighted by Crippen LogP contribution is -3.12. The van der Waals surface area contributed by atoms with Crippen molar-refractivity contribution in [2.24, 2.45) is 0 Å². The summed E-state index contributed by atoms with van der Waals surface area (Å²) in [7, 11) is 6.72. The van der Waals surface area contributed by atoms with Crippen molar-refractivity contribution in [3.05, 3.63) is 47.0 Å². The Labute approximate surface area is 165 Å². The highest BCUT2D eigenvalue weighted by Gasteiger charge is 2.24. The number of rotatable bonds is 8. The summed E-state index contributed by atoms with van der Waals surface area (Å²) in [6.07, 6.45) is 0. The van der Waals surface area contributed by atoms with Gasteiger partial charge in [0, 0.05) is 5.02 Å². The van der Waals surface area contributed by atoms with Gasteiger partial charge in [0.25, 0.3) is 5.91 Å². The molecule has 1 amide bonds. The number of ether oxygens (including phenoxy) is 3. The average molecular weight is 394 g/mol. The Balaban J connectivity index is 2.12. The van der Waals surface area contributed by atoms with Crippen LogP contribution < -0.4 is 24.4 Å². The number of hydrogen-bond acceptors (Lipinski definition) is 4. The molecule has 0 spiro atoms. The molecule has 2 N–H and O–H groups in total. The first kappa shape index (κ1) is 20.9. The molecule has 0 bridgehead atoms. The molecule has 0 radical (unpaired) electrons. The van der Waals surface area contributed by atoms with Crippen molar-refractivity contribution in [1.82, 2.24) is 0 Å². The predicted octanol–water partition coefficient (Wildman–Crippen LogP) is 2.41. The molecule has 0 aromatic heterocycles. The molecule has 2 atom stereocenters. The van der Waals surface area contributed by atoms with Crippen molar-refractivity contribution in [2.45, 2.75) is 19.5 Å². The van der Waals surface area contributed by atoms with Crippen LogP contribution >= 0.6 is 11.6 Å².